The molecular weight excluding hydrogens is 405 g/mol. The number of amides is 1. The first-order valence-corrected chi connectivity index (χ1v) is 9.69. The standard InChI is InChI=1S/C21H22FN5O4/c1-31-21(30)17-14-27(25-24-17)11-6-5-10-26-12-9-16(19(22)20(26)29)23-18(28)13-15-7-3-2-4-8-15/h2-4,7-9,12,14H,5-6,10-11,13H2,1H3,(H,23,28). The van der Waals surface area contributed by atoms with E-state index in [2.05, 4.69) is 20.4 Å². The molecule has 1 N–H and O–H groups in total. The number of aryl methyl sites for hydroxylation is 2. The van der Waals surface area contributed by atoms with E-state index in [0.29, 0.717) is 25.9 Å². The highest BCUT2D eigenvalue weighted by Crippen LogP contribution is 2.11. The third kappa shape index (κ3) is 5.84. The van der Waals surface area contributed by atoms with Gasteiger partial charge in [-0.15, -0.1) is 5.10 Å². The average Bonchev–Trinajstić information content (AvgIpc) is 3.25. The molecule has 10 heteroatoms. The Balaban J connectivity index is 1.52. The summed E-state index contributed by atoms with van der Waals surface area (Å²) in [6.45, 7) is 0.779. The number of hydrogen-bond acceptors (Lipinski definition) is 6. The molecule has 0 fully saturated rings. The fraction of sp³-hybridized carbons (Fsp3) is 0.286. The number of rotatable bonds is 9. The number of esters is 1. The Morgan fingerprint density at radius 2 is 1.87 bits per heavy atom. The number of pyridine rings is 1. The molecule has 1 amide bonds. The Morgan fingerprint density at radius 1 is 1.13 bits per heavy atom. The van der Waals surface area contributed by atoms with Crippen LogP contribution in [0.4, 0.5) is 10.1 Å². The maximum absolute atomic E-state index is 14.4. The summed E-state index contributed by atoms with van der Waals surface area (Å²) in [4.78, 5) is 35.7. The molecule has 0 spiro atoms. The van der Waals surface area contributed by atoms with Gasteiger partial charge in [0.1, 0.15) is 0 Å². The average molecular weight is 427 g/mol. The van der Waals surface area contributed by atoms with Crippen molar-refractivity contribution in [2.75, 3.05) is 12.4 Å². The van der Waals surface area contributed by atoms with Crippen LogP contribution in [0.1, 0.15) is 28.9 Å². The van der Waals surface area contributed by atoms with Crippen molar-refractivity contribution >= 4 is 17.6 Å². The number of nitrogens with one attached hydrogen (secondary N) is 1. The molecule has 0 aliphatic heterocycles. The van der Waals surface area contributed by atoms with E-state index in [0.717, 1.165) is 5.56 Å². The number of unbranched alkanes of at least 4 members (excludes halogenated alkanes) is 1. The summed E-state index contributed by atoms with van der Waals surface area (Å²) in [6, 6.07) is 10.4. The van der Waals surface area contributed by atoms with Crippen molar-refractivity contribution in [1.29, 1.82) is 0 Å². The van der Waals surface area contributed by atoms with Gasteiger partial charge in [-0.1, -0.05) is 35.5 Å². The van der Waals surface area contributed by atoms with Gasteiger partial charge < -0.3 is 14.6 Å². The SMILES string of the molecule is COC(=O)c1cn(CCCCn2ccc(NC(=O)Cc3ccccc3)c(F)c2=O)nn1. The molecule has 0 bridgehead atoms. The van der Waals surface area contributed by atoms with E-state index in [4.69, 9.17) is 0 Å². The van der Waals surface area contributed by atoms with E-state index in [1.807, 2.05) is 18.2 Å². The smallest absolute Gasteiger partial charge is 0.360 e. The Morgan fingerprint density at radius 3 is 2.61 bits per heavy atom. The first-order chi connectivity index (χ1) is 15.0. The molecule has 3 aromatic rings. The van der Waals surface area contributed by atoms with Gasteiger partial charge in [0.15, 0.2) is 5.69 Å². The van der Waals surface area contributed by atoms with Crippen LogP contribution in [0.5, 0.6) is 0 Å². The predicted octanol–water partition coefficient (Wildman–Crippen LogP) is 2.03. The molecule has 162 valence electrons. The normalized spacial score (nSPS) is 10.6. The van der Waals surface area contributed by atoms with Crippen LogP contribution in [0.3, 0.4) is 0 Å². The Kier molecular flexibility index (Phi) is 7.26. The second kappa shape index (κ2) is 10.3. The van der Waals surface area contributed by atoms with Gasteiger partial charge in [-0.05, 0) is 24.5 Å². The van der Waals surface area contributed by atoms with Gasteiger partial charge in [-0.2, -0.15) is 4.39 Å². The van der Waals surface area contributed by atoms with Gasteiger partial charge in [0, 0.05) is 19.3 Å². The van der Waals surface area contributed by atoms with Gasteiger partial charge >= 0.3 is 5.97 Å². The van der Waals surface area contributed by atoms with Crippen molar-refractivity contribution in [3.8, 4) is 0 Å². The van der Waals surface area contributed by atoms with Gasteiger partial charge in [0.05, 0.1) is 25.4 Å². The van der Waals surface area contributed by atoms with Gasteiger partial charge in [-0.25, -0.2) is 4.79 Å². The summed E-state index contributed by atoms with van der Waals surface area (Å²) < 4.78 is 21.8. The Hall–Kier alpha value is -3.82. The number of hydrogen-bond donors (Lipinski definition) is 1. The number of carbonyl (C=O) groups excluding carboxylic acids is 2. The fourth-order valence-electron chi connectivity index (χ4n) is 2.96. The minimum absolute atomic E-state index is 0.0866. The highest BCUT2D eigenvalue weighted by molar-refractivity contribution is 5.92. The van der Waals surface area contributed by atoms with Crippen LogP contribution in [-0.2, 0) is 29.0 Å². The van der Waals surface area contributed by atoms with E-state index in [-0.39, 0.29) is 17.8 Å². The van der Waals surface area contributed by atoms with Gasteiger partial charge in [0.25, 0.3) is 5.56 Å². The molecular formula is C21H22FN5O4. The van der Waals surface area contributed by atoms with Crippen LogP contribution in [-0.4, -0.2) is 38.5 Å². The molecule has 0 unspecified atom stereocenters. The lowest BCUT2D eigenvalue weighted by Gasteiger charge is -2.10. The lowest BCUT2D eigenvalue weighted by molar-refractivity contribution is -0.115. The third-order valence-corrected chi connectivity index (χ3v) is 4.56. The first-order valence-electron chi connectivity index (χ1n) is 9.69. The van der Waals surface area contributed by atoms with E-state index in [1.54, 1.807) is 12.1 Å². The van der Waals surface area contributed by atoms with Gasteiger partial charge in [0.2, 0.25) is 11.7 Å². The molecule has 0 saturated carbocycles. The predicted molar refractivity (Wildman–Crippen MR) is 110 cm³/mol. The quantitative estimate of drug-likeness (QED) is 0.414. The van der Waals surface area contributed by atoms with E-state index < -0.39 is 23.3 Å². The van der Waals surface area contributed by atoms with Crippen molar-refractivity contribution in [1.82, 2.24) is 19.6 Å². The fourth-order valence-corrected chi connectivity index (χ4v) is 2.96. The van der Waals surface area contributed by atoms with Crippen molar-refractivity contribution in [2.45, 2.75) is 32.4 Å². The zero-order chi connectivity index (χ0) is 22.2. The summed E-state index contributed by atoms with van der Waals surface area (Å²) in [5, 5.41) is 9.98. The van der Waals surface area contributed by atoms with Crippen LogP contribution in [0, 0.1) is 5.82 Å². The molecule has 0 aliphatic rings. The molecule has 31 heavy (non-hydrogen) atoms. The number of methoxy groups -OCH3 is 1. The third-order valence-electron chi connectivity index (χ3n) is 4.56. The summed E-state index contributed by atoms with van der Waals surface area (Å²) >= 11 is 0. The van der Waals surface area contributed by atoms with Crippen molar-refractivity contribution in [3.05, 3.63) is 76.2 Å². The maximum atomic E-state index is 14.4. The number of ether oxygens (including phenoxy) is 1. The summed E-state index contributed by atoms with van der Waals surface area (Å²) in [7, 11) is 1.26. The van der Waals surface area contributed by atoms with Crippen molar-refractivity contribution in [2.24, 2.45) is 0 Å². The van der Waals surface area contributed by atoms with E-state index >= 15 is 0 Å². The van der Waals surface area contributed by atoms with Gasteiger partial charge in [-0.3, -0.25) is 14.3 Å². The summed E-state index contributed by atoms with van der Waals surface area (Å²) in [6.07, 6.45) is 4.22. The number of halogens is 1. The molecule has 0 saturated heterocycles. The first kappa shape index (κ1) is 21.9. The molecule has 2 aromatic heterocycles. The number of aromatic nitrogens is 4. The van der Waals surface area contributed by atoms with Crippen LogP contribution in [0.25, 0.3) is 0 Å². The Labute approximate surface area is 177 Å². The molecule has 0 radical (unpaired) electrons. The zero-order valence-corrected chi connectivity index (χ0v) is 17.0. The highest BCUT2D eigenvalue weighted by Gasteiger charge is 2.13. The van der Waals surface area contributed by atoms with E-state index in [9.17, 15) is 18.8 Å². The number of nitrogens with zero attached hydrogens (tertiary/aromatic N) is 4. The minimum Gasteiger partial charge on any atom is -0.464 e. The van der Waals surface area contributed by atoms with Crippen LogP contribution in [0.2, 0.25) is 0 Å². The molecule has 9 nitrogen and oxygen atoms in total. The Bertz CT molecular complexity index is 1110. The van der Waals surface area contributed by atoms with Crippen LogP contribution < -0.4 is 10.9 Å². The number of anilines is 1. The molecule has 1 aromatic carbocycles. The van der Waals surface area contributed by atoms with Crippen LogP contribution >= 0.6 is 0 Å². The largest absolute Gasteiger partial charge is 0.464 e. The zero-order valence-electron chi connectivity index (χ0n) is 17.0. The monoisotopic (exact) mass is 427 g/mol. The minimum atomic E-state index is -0.997. The second-order valence-electron chi connectivity index (χ2n) is 6.82. The lowest BCUT2D eigenvalue weighted by Crippen LogP contribution is -2.26. The second-order valence-corrected chi connectivity index (χ2v) is 6.82. The molecule has 0 aliphatic carbocycles. The number of benzene rings is 1. The van der Waals surface area contributed by atoms with E-state index in [1.165, 1.54) is 34.8 Å². The number of carbonyl (C=O) groups is 2. The van der Waals surface area contributed by atoms with Crippen LogP contribution in [0.15, 0.2) is 53.6 Å². The molecule has 2 heterocycles. The maximum Gasteiger partial charge on any atom is 0.360 e. The summed E-state index contributed by atoms with van der Waals surface area (Å²) in [5.74, 6) is -1.96. The molecule has 3 rings (SSSR count). The topological polar surface area (TPSA) is 108 Å². The highest BCUT2D eigenvalue weighted by atomic mass is 19.1. The van der Waals surface area contributed by atoms with Crippen molar-refractivity contribution < 1.29 is 18.7 Å². The lowest BCUT2D eigenvalue weighted by atomic mass is 10.1. The van der Waals surface area contributed by atoms with Crippen molar-refractivity contribution in [3.63, 3.8) is 0 Å². The summed E-state index contributed by atoms with van der Waals surface area (Å²) in [5.41, 5.74) is -0.0306. The molecule has 0 atom stereocenters.